The minimum absolute atomic E-state index is 0.172. The van der Waals surface area contributed by atoms with Crippen molar-refractivity contribution in [2.24, 2.45) is 7.05 Å². The molecule has 0 amide bonds. The van der Waals surface area contributed by atoms with E-state index in [0.717, 1.165) is 19.4 Å². The third-order valence-corrected chi connectivity index (χ3v) is 4.30. The third-order valence-electron chi connectivity index (χ3n) is 3.94. The molecule has 0 spiro atoms. The molecule has 5 heteroatoms. The van der Waals surface area contributed by atoms with E-state index in [1.54, 1.807) is 13.2 Å². The van der Waals surface area contributed by atoms with Crippen LogP contribution in [0.15, 0.2) is 41.3 Å². The topological polar surface area (TPSA) is 46.9 Å². The molecule has 0 bridgehead atoms. The van der Waals surface area contributed by atoms with Crippen LogP contribution in [0.2, 0.25) is 5.02 Å². The summed E-state index contributed by atoms with van der Waals surface area (Å²) in [5.74, 6) is 0. The maximum Gasteiger partial charge on any atom is 0.287 e. The molecule has 2 aromatic rings. The second-order valence-corrected chi connectivity index (χ2v) is 5.68. The summed E-state index contributed by atoms with van der Waals surface area (Å²) in [7, 11) is 1.59. The Bertz CT molecular complexity index is 677. The van der Waals surface area contributed by atoms with Crippen molar-refractivity contribution in [2.75, 3.05) is 11.9 Å². The van der Waals surface area contributed by atoms with E-state index in [1.165, 1.54) is 10.2 Å². The predicted octanol–water partition coefficient (Wildman–Crippen LogP) is 2.58. The number of aromatic nitrogens is 2. The zero-order valence-corrected chi connectivity index (χ0v) is 12.0. The van der Waals surface area contributed by atoms with E-state index in [0.29, 0.717) is 5.69 Å². The Hall–Kier alpha value is -1.81. The van der Waals surface area contributed by atoms with E-state index in [4.69, 9.17) is 11.6 Å². The van der Waals surface area contributed by atoms with Gasteiger partial charge in [-0.15, -0.1) is 0 Å². The summed E-state index contributed by atoms with van der Waals surface area (Å²) in [4.78, 5) is 11.7. The first-order valence-corrected chi connectivity index (χ1v) is 7.01. The van der Waals surface area contributed by atoms with Crippen molar-refractivity contribution < 1.29 is 0 Å². The fourth-order valence-corrected chi connectivity index (χ4v) is 2.65. The molecule has 0 atom stereocenters. The summed E-state index contributed by atoms with van der Waals surface area (Å²) < 4.78 is 1.23. The highest BCUT2D eigenvalue weighted by atomic mass is 35.5. The first kappa shape index (κ1) is 13.2. The molecule has 104 valence electrons. The molecule has 1 N–H and O–H groups in total. The quantitative estimate of drug-likeness (QED) is 0.941. The molecule has 0 unspecified atom stereocenters. The minimum atomic E-state index is -0.277. The van der Waals surface area contributed by atoms with Crippen molar-refractivity contribution in [3.63, 3.8) is 0 Å². The standard InChI is InChI=1S/C15H16ClN3O/c1-19-14(20)13(16)12(9-18-19)17-10-15(7-8-15)11-5-3-2-4-6-11/h2-6,9,17H,7-8,10H2,1H3. The van der Waals surface area contributed by atoms with Gasteiger partial charge in [-0.05, 0) is 18.4 Å². The van der Waals surface area contributed by atoms with E-state index in [-0.39, 0.29) is 16.0 Å². The molecule has 1 fully saturated rings. The van der Waals surface area contributed by atoms with Crippen molar-refractivity contribution >= 4 is 17.3 Å². The van der Waals surface area contributed by atoms with Crippen LogP contribution in [0, 0.1) is 0 Å². The van der Waals surface area contributed by atoms with Crippen molar-refractivity contribution in [3.8, 4) is 0 Å². The van der Waals surface area contributed by atoms with E-state index in [2.05, 4.69) is 34.7 Å². The lowest BCUT2D eigenvalue weighted by Crippen LogP contribution is -2.24. The van der Waals surface area contributed by atoms with Crippen LogP contribution in [0.4, 0.5) is 5.69 Å². The molecular formula is C15H16ClN3O. The maximum absolute atomic E-state index is 11.7. The van der Waals surface area contributed by atoms with Crippen molar-refractivity contribution in [3.05, 3.63) is 57.5 Å². The zero-order chi connectivity index (χ0) is 14.2. The fraction of sp³-hybridized carbons (Fsp3) is 0.333. The largest absolute Gasteiger partial charge is 0.381 e. The number of hydrogen-bond donors (Lipinski definition) is 1. The van der Waals surface area contributed by atoms with Gasteiger partial charge in [-0.1, -0.05) is 41.9 Å². The minimum Gasteiger partial charge on any atom is -0.381 e. The van der Waals surface area contributed by atoms with Crippen molar-refractivity contribution in [2.45, 2.75) is 18.3 Å². The number of halogens is 1. The van der Waals surface area contributed by atoms with Gasteiger partial charge in [-0.25, -0.2) is 4.68 Å². The lowest BCUT2D eigenvalue weighted by Gasteiger charge is -2.17. The Balaban J connectivity index is 1.78. The first-order chi connectivity index (χ1) is 9.62. The fourth-order valence-electron chi connectivity index (χ4n) is 2.41. The molecule has 1 aromatic carbocycles. The predicted molar refractivity (Wildman–Crippen MR) is 80.3 cm³/mol. The van der Waals surface area contributed by atoms with Crippen molar-refractivity contribution in [1.29, 1.82) is 0 Å². The summed E-state index contributed by atoms with van der Waals surface area (Å²) in [5.41, 5.74) is 1.84. The highest BCUT2D eigenvalue weighted by Crippen LogP contribution is 2.48. The van der Waals surface area contributed by atoms with Gasteiger partial charge in [0.05, 0.1) is 11.9 Å². The van der Waals surface area contributed by atoms with Gasteiger partial charge in [0, 0.05) is 19.0 Å². The lowest BCUT2D eigenvalue weighted by molar-refractivity contribution is 0.701. The van der Waals surface area contributed by atoms with Gasteiger partial charge in [0.2, 0.25) is 0 Å². The molecule has 0 saturated heterocycles. The summed E-state index contributed by atoms with van der Waals surface area (Å²) >= 11 is 6.06. The number of nitrogens with zero attached hydrogens (tertiary/aromatic N) is 2. The van der Waals surface area contributed by atoms with Crippen LogP contribution in [0.1, 0.15) is 18.4 Å². The number of anilines is 1. The molecule has 4 nitrogen and oxygen atoms in total. The van der Waals surface area contributed by atoms with E-state index >= 15 is 0 Å². The van der Waals surface area contributed by atoms with Crippen LogP contribution in [0.5, 0.6) is 0 Å². The van der Waals surface area contributed by atoms with Crippen LogP contribution in [-0.2, 0) is 12.5 Å². The Labute approximate surface area is 122 Å². The van der Waals surface area contributed by atoms with Crippen LogP contribution in [0.3, 0.4) is 0 Å². The first-order valence-electron chi connectivity index (χ1n) is 6.64. The molecular weight excluding hydrogens is 274 g/mol. The number of aryl methyl sites for hydroxylation is 1. The molecule has 0 aliphatic heterocycles. The second kappa shape index (κ2) is 4.94. The maximum atomic E-state index is 11.7. The summed E-state index contributed by atoms with van der Waals surface area (Å²) in [5, 5.41) is 7.47. The molecule has 1 saturated carbocycles. The zero-order valence-electron chi connectivity index (χ0n) is 11.3. The van der Waals surface area contributed by atoms with E-state index in [9.17, 15) is 4.79 Å². The van der Waals surface area contributed by atoms with Gasteiger partial charge in [0.15, 0.2) is 0 Å². The average Bonchev–Trinajstić information content (AvgIpc) is 3.26. The number of benzene rings is 1. The van der Waals surface area contributed by atoms with Gasteiger partial charge in [0.25, 0.3) is 5.56 Å². The molecule has 0 radical (unpaired) electrons. The van der Waals surface area contributed by atoms with Crippen LogP contribution in [0.25, 0.3) is 0 Å². The number of nitrogens with one attached hydrogen (secondary N) is 1. The van der Waals surface area contributed by atoms with Gasteiger partial charge in [0.1, 0.15) is 5.02 Å². The third kappa shape index (κ3) is 2.31. The molecule has 1 aromatic heterocycles. The molecule has 1 aliphatic carbocycles. The van der Waals surface area contributed by atoms with E-state index in [1.807, 2.05) is 6.07 Å². The highest BCUT2D eigenvalue weighted by molar-refractivity contribution is 6.32. The molecule has 1 heterocycles. The van der Waals surface area contributed by atoms with Crippen LogP contribution >= 0.6 is 11.6 Å². The van der Waals surface area contributed by atoms with Gasteiger partial charge >= 0.3 is 0 Å². The average molecular weight is 290 g/mol. The smallest absolute Gasteiger partial charge is 0.287 e. The highest BCUT2D eigenvalue weighted by Gasteiger charge is 2.43. The molecule has 20 heavy (non-hydrogen) atoms. The molecule has 3 rings (SSSR count). The van der Waals surface area contributed by atoms with Crippen LogP contribution in [-0.4, -0.2) is 16.3 Å². The van der Waals surface area contributed by atoms with Gasteiger partial charge < -0.3 is 5.32 Å². The van der Waals surface area contributed by atoms with Crippen LogP contribution < -0.4 is 10.9 Å². The Kier molecular flexibility index (Phi) is 3.26. The van der Waals surface area contributed by atoms with Gasteiger partial charge in [-0.2, -0.15) is 5.10 Å². The normalized spacial score (nSPS) is 15.9. The SMILES string of the molecule is Cn1ncc(NCC2(c3ccccc3)CC2)c(Cl)c1=O. The Morgan fingerprint density at radius 3 is 2.70 bits per heavy atom. The van der Waals surface area contributed by atoms with Gasteiger partial charge in [-0.3, -0.25) is 4.79 Å². The monoisotopic (exact) mass is 289 g/mol. The van der Waals surface area contributed by atoms with E-state index < -0.39 is 0 Å². The Morgan fingerprint density at radius 1 is 1.35 bits per heavy atom. The summed E-state index contributed by atoms with van der Waals surface area (Å²) in [6, 6.07) is 10.4. The number of hydrogen-bond acceptors (Lipinski definition) is 3. The lowest BCUT2D eigenvalue weighted by atomic mass is 9.96. The Morgan fingerprint density at radius 2 is 2.05 bits per heavy atom. The molecule has 1 aliphatic rings. The van der Waals surface area contributed by atoms with Crippen molar-refractivity contribution in [1.82, 2.24) is 9.78 Å². The summed E-state index contributed by atoms with van der Waals surface area (Å²) in [6.07, 6.45) is 3.91. The summed E-state index contributed by atoms with van der Waals surface area (Å²) in [6.45, 7) is 0.769. The second-order valence-electron chi connectivity index (χ2n) is 5.30. The number of rotatable bonds is 4.